The van der Waals surface area contributed by atoms with Crippen molar-refractivity contribution in [3.05, 3.63) is 11.4 Å². The number of hydrogen-bond acceptors (Lipinski definition) is 3. The fraction of sp³-hybridized carbons (Fsp3) is 0.615. The summed E-state index contributed by atoms with van der Waals surface area (Å²) >= 11 is 0. The number of amides is 2. The summed E-state index contributed by atoms with van der Waals surface area (Å²) < 4.78 is 0. The predicted octanol–water partition coefficient (Wildman–Crippen LogP) is 1.89. The molecular weight excluding hydrogens is 260 g/mol. The molecule has 1 aliphatic heterocycles. The molecule has 1 aromatic heterocycles. The minimum absolute atomic E-state index is 0.00320. The van der Waals surface area contributed by atoms with E-state index in [4.69, 9.17) is 5.11 Å². The van der Waals surface area contributed by atoms with Crippen LogP contribution in [0.25, 0.3) is 0 Å². The highest BCUT2D eigenvalue weighted by atomic mass is 16.4. The molecular formula is C13H20N4O3. The van der Waals surface area contributed by atoms with Crippen LogP contribution in [0.2, 0.25) is 0 Å². The van der Waals surface area contributed by atoms with Gasteiger partial charge in [0.15, 0.2) is 0 Å². The van der Waals surface area contributed by atoms with E-state index in [9.17, 15) is 9.59 Å². The molecule has 2 amide bonds. The van der Waals surface area contributed by atoms with Gasteiger partial charge < -0.3 is 15.3 Å². The van der Waals surface area contributed by atoms with Gasteiger partial charge in [0.25, 0.3) is 0 Å². The molecule has 0 aliphatic carbocycles. The SMILES string of the molecule is Cc1n[nH]c(C)c1NC(=O)N1CCCCC1CC(=O)O. The minimum Gasteiger partial charge on any atom is -0.481 e. The molecule has 7 heteroatoms. The molecule has 0 spiro atoms. The summed E-state index contributed by atoms with van der Waals surface area (Å²) in [5.74, 6) is -0.870. The number of piperidine rings is 1. The van der Waals surface area contributed by atoms with Crippen LogP contribution in [0.3, 0.4) is 0 Å². The summed E-state index contributed by atoms with van der Waals surface area (Å²) in [5, 5.41) is 18.6. The average Bonchev–Trinajstić information content (AvgIpc) is 2.70. The maximum Gasteiger partial charge on any atom is 0.322 e. The first kappa shape index (κ1) is 14.4. The van der Waals surface area contributed by atoms with Crippen LogP contribution in [-0.2, 0) is 4.79 Å². The number of nitrogens with one attached hydrogen (secondary N) is 2. The molecule has 1 atom stereocenters. The van der Waals surface area contributed by atoms with Crippen molar-refractivity contribution in [3.63, 3.8) is 0 Å². The molecule has 1 aromatic rings. The van der Waals surface area contributed by atoms with Crippen LogP contribution in [0.4, 0.5) is 10.5 Å². The van der Waals surface area contributed by atoms with E-state index in [-0.39, 0.29) is 18.5 Å². The lowest BCUT2D eigenvalue weighted by Gasteiger charge is -2.34. The number of aliphatic carboxylic acids is 1. The molecule has 2 heterocycles. The van der Waals surface area contributed by atoms with Gasteiger partial charge in [-0.1, -0.05) is 0 Å². The summed E-state index contributed by atoms with van der Waals surface area (Å²) in [4.78, 5) is 24.9. The molecule has 1 unspecified atom stereocenters. The average molecular weight is 280 g/mol. The summed E-state index contributed by atoms with van der Waals surface area (Å²) in [5.41, 5.74) is 2.19. The van der Waals surface area contributed by atoms with Crippen molar-refractivity contribution in [1.82, 2.24) is 15.1 Å². The van der Waals surface area contributed by atoms with E-state index in [1.54, 1.807) is 4.90 Å². The first-order valence-electron chi connectivity index (χ1n) is 6.80. The molecule has 2 rings (SSSR count). The number of carboxylic acid groups (broad SMARTS) is 1. The van der Waals surface area contributed by atoms with Crippen molar-refractivity contribution in [2.45, 2.75) is 45.6 Å². The van der Waals surface area contributed by atoms with Crippen LogP contribution in [0.1, 0.15) is 37.1 Å². The second kappa shape index (κ2) is 5.94. The summed E-state index contributed by atoms with van der Waals surface area (Å²) in [6.45, 7) is 4.24. The maximum atomic E-state index is 12.3. The Morgan fingerprint density at radius 1 is 1.45 bits per heavy atom. The van der Waals surface area contributed by atoms with E-state index in [0.717, 1.165) is 30.7 Å². The Labute approximate surface area is 117 Å². The Kier molecular flexibility index (Phi) is 4.26. The molecule has 0 radical (unpaired) electrons. The van der Waals surface area contributed by atoms with Gasteiger partial charge >= 0.3 is 12.0 Å². The highest BCUT2D eigenvalue weighted by Crippen LogP contribution is 2.22. The maximum absolute atomic E-state index is 12.3. The number of likely N-dealkylation sites (tertiary alicyclic amines) is 1. The number of anilines is 1. The van der Waals surface area contributed by atoms with Gasteiger partial charge in [-0.2, -0.15) is 5.10 Å². The highest BCUT2D eigenvalue weighted by Gasteiger charge is 2.29. The van der Waals surface area contributed by atoms with Gasteiger partial charge in [0.2, 0.25) is 0 Å². The van der Waals surface area contributed by atoms with Gasteiger partial charge in [-0.25, -0.2) is 4.79 Å². The highest BCUT2D eigenvalue weighted by molar-refractivity contribution is 5.91. The van der Waals surface area contributed by atoms with Crippen molar-refractivity contribution >= 4 is 17.7 Å². The zero-order valence-electron chi connectivity index (χ0n) is 11.8. The lowest BCUT2D eigenvalue weighted by atomic mass is 10.00. The van der Waals surface area contributed by atoms with Crippen molar-refractivity contribution < 1.29 is 14.7 Å². The van der Waals surface area contributed by atoms with E-state index in [1.807, 2.05) is 13.8 Å². The lowest BCUT2D eigenvalue weighted by Crippen LogP contribution is -2.46. The molecule has 3 N–H and O–H groups in total. The topological polar surface area (TPSA) is 98.3 Å². The number of urea groups is 1. The number of carboxylic acids is 1. The quantitative estimate of drug-likeness (QED) is 0.787. The fourth-order valence-electron chi connectivity index (χ4n) is 2.60. The molecule has 7 nitrogen and oxygen atoms in total. The number of hydrogen-bond donors (Lipinski definition) is 3. The molecule has 0 aromatic carbocycles. The number of aromatic amines is 1. The number of H-pyrrole nitrogens is 1. The Balaban J connectivity index is 2.08. The van der Waals surface area contributed by atoms with Crippen LogP contribution >= 0.6 is 0 Å². The third-order valence-corrected chi connectivity index (χ3v) is 3.66. The van der Waals surface area contributed by atoms with Crippen LogP contribution in [0, 0.1) is 13.8 Å². The van der Waals surface area contributed by atoms with E-state index < -0.39 is 5.97 Å². The van der Waals surface area contributed by atoms with Gasteiger partial charge in [0, 0.05) is 12.6 Å². The van der Waals surface area contributed by atoms with Crippen LogP contribution in [-0.4, -0.2) is 44.8 Å². The molecule has 0 saturated carbocycles. The molecule has 1 aliphatic rings. The first-order valence-corrected chi connectivity index (χ1v) is 6.80. The Morgan fingerprint density at radius 2 is 2.20 bits per heavy atom. The van der Waals surface area contributed by atoms with Crippen LogP contribution in [0.5, 0.6) is 0 Å². The lowest BCUT2D eigenvalue weighted by molar-refractivity contribution is -0.138. The normalized spacial score (nSPS) is 18.9. The number of nitrogens with zero attached hydrogens (tertiary/aromatic N) is 2. The number of carbonyl (C=O) groups excluding carboxylic acids is 1. The molecule has 1 fully saturated rings. The predicted molar refractivity (Wildman–Crippen MR) is 73.7 cm³/mol. The van der Waals surface area contributed by atoms with E-state index >= 15 is 0 Å². The monoisotopic (exact) mass is 280 g/mol. The van der Waals surface area contributed by atoms with E-state index in [1.165, 1.54) is 0 Å². The second-order valence-electron chi connectivity index (χ2n) is 5.18. The fourth-order valence-corrected chi connectivity index (χ4v) is 2.60. The largest absolute Gasteiger partial charge is 0.481 e. The third kappa shape index (κ3) is 3.09. The van der Waals surface area contributed by atoms with Crippen LogP contribution < -0.4 is 5.32 Å². The van der Waals surface area contributed by atoms with Crippen LogP contribution in [0.15, 0.2) is 0 Å². The van der Waals surface area contributed by atoms with Crippen molar-refractivity contribution in [1.29, 1.82) is 0 Å². The van der Waals surface area contributed by atoms with E-state index in [0.29, 0.717) is 12.2 Å². The third-order valence-electron chi connectivity index (χ3n) is 3.66. The zero-order chi connectivity index (χ0) is 14.7. The summed E-state index contributed by atoms with van der Waals surface area (Å²) in [7, 11) is 0. The number of aryl methyl sites for hydroxylation is 2. The molecule has 1 saturated heterocycles. The zero-order valence-corrected chi connectivity index (χ0v) is 11.8. The molecule has 0 bridgehead atoms. The van der Waals surface area contributed by atoms with Gasteiger partial charge in [0.05, 0.1) is 23.5 Å². The van der Waals surface area contributed by atoms with Gasteiger partial charge in [-0.3, -0.25) is 9.89 Å². The number of rotatable bonds is 3. The molecule has 110 valence electrons. The van der Waals surface area contributed by atoms with Gasteiger partial charge in [-0.05, 0) is 33.1 Å². The smallest absolute Gasteiger partial charge is 0.322 e. The Hall–Kier alpha value is -2.05. The van der Waals surface area contributed by atoms with Crippen molar-refractivity contribution in [2.75, 3.05) is 11.9 Å². The summed E-state index contributed by atoms with van der Waals surface area (Å²) in [6.07, 6.45) is 2.61. The van der Waals surface area contributed by atoms with E-state index in [2.05, 4.69) is 15.5 Å². The number of carbonyl (C=O) groups is 2. The Bertz CT molecular complexity index is 492. The first-order chi connectivity index (χ1) is 9.49. The van der Waals surface area contributed by atoms with Crippen molar-refractivity contribution in [2.24, 2.45) is 0 Å². The molecule has 20 heavy (non-hydrogen) atoms. The van der Waals surface area contributed by atoms with Gasteiger partial charge in [0.1, 0.15) is 0 Å². The second-order valence-corrected chi connectivity index (χ2v) is 5.18. The number of aromatic nitrogens is 2. The van der Waals surface area contributed by atoms with Crippen molar-refractivity contribution in [3.8, 4) is 0 Å². The Morgan fingerprint density at radius 3 is 2.80 bits per heavy atom. The van der Waals surface area contributed by atoms with Gasteiger partial charge in [-0.15, -0.1) is 0 Å². The minimum atomic E-state index is -0.870. The summed E-state index contributed by atoms with van der Waals surface area (Å²) in [6, 6.07) is -0.475. The standard InChI is InChI=1S/C13H20N4O3/c1-8-12(9(2)16-15-8)14-13(20)17-6-4-3-5-10(17)7-11(18)19/h10H,3-7H2,1-2H3,(H,14,20)(H,15,16)(H,18,19).